The molecule has 3 aromatic carbocycles. The Labute approximate surface area is 238 Å². The third kappa shape index (κ3) is 3.98. The van der Waals surface area contributed by atoms with E-state index in [1.807, 2.05) is 48.5 Å². The third-order valence-electron chi connectivity index (χ3n) is 8.85. The summed E-state index contributed by atoms with van der Waals surface area (Å²) in [5.74, 6) is -1.08. The van der Waals surface area contributed by atoms with Crippen molar-refractivity contribution >= 4 is 28.9 Å². The first-order valence-corrected chi connectivity index (χ1v) is 14.2. The van der Waals surface area contributed by atoms with E-state index in [1.165, 1.54) is 23.3 Å². The van der Waals surface area contributed by atoms with Crippen molar-refractivity contribution in [3.8, 4) is 0 Å². The van der Waals surface area contributed by atoms with Gasteiger partial charge in [-0.1, -0.05) is 72.1 Å². The first-order valence-electron chi connectivity index (χ1n) is 13.5. The van der Waals surface area contributed by atoms with Gasteiger partial charge in [0.05, 0.1) is 11.4 Å². The monoisotopic (exact) mass is 562 g/mol. The van der Waals surface area contributed by atoms with Crippen molar-refractivity contribution in [3.05, 3.63) is 123 Å². The molecule has 0 aromatic heterocycles. The molecule has 7 rings (SSSR count). The average molecular weight is 564 g/mol. The highest BCUT2D eigenvalue weighted by Gasteiger charge is 2.63. The van der Waals surface area contributed by atoms with Gasteiger partial charge >= 0.3 is 0 Å². The summed E-state index contributed by atoms with van der Waals surface area (Å²) in [6, 6.07) is 22.3. The molecule has 2 heterocycles. The Bertz CT molecular complexity index is 1450. The lowest BCUT2D eigenvalue weighted by atomic mass is 9.61. The van der Waals surface area contributed by atoms with E-state index >= 15 is 0 Å². The van der Waals surface area contributed by atoms with Crippen molar-refractivity contribution in [1.29, 1.82) is 0 Å². The first-order chi connectivity index (χ1) is 18.9. The largest absolute Gasteiger partial charge is 0.338 e. The molecule has 1 unspecified atom stereocenters. The zero-order valence-corrected chi connectivity index (χ0v) is 23.1. The highest BCUT2D eigenvalue weighted by Crippen LogP contribution is 2.64. The number of ether oxygens (including phenoxy) is 2. The smallest absolute Gasteiger partial charge is 0.179 e. The van der Waals surface area contributed by atoms with E-state index in [4.69, 9.17) is 32.7 Å². The molecule has 1 saturated carbocycles. The summed E-state index contributed by atoms with van der Waals surface area (Å²) in [7, 11) is 0. The van der Waals surface area contributed by atoms with Crippen LogP contribution >= 0.6 is 23.2 Å². The number of hydrogen-bond acceptors (Lipinski definition) is 4. The number of allylic oxidation sites excluding steroid dienone is 1. The fraction of sp³-hybridized carbons (Fsp3) is 0.312. The van der Waals surface area contributed by atoms with Gasteiger partial charge in [0.1, 0.15) is 18.0 Å². The Balaban J connectivity index is 1.29. The summed E-state index contributed by atoms with van der Waals surface area (Å²) < 4.78 is 27.8. The molecule has 2 aliphatic carbocycles. The number of nitrogens with one attached hydrogen (secondary N) is 1. The molecule has 0 bridgehead atoms. The molecule has 3 aromatic rings. The Morgan fingerprint density at radius 2 is 1.51 bits per heavy atom. The molecule has 7 heteroatoms. The second kappa shape index (κ2) is 9.46. The highest BCUT2D eigenvalue weighted by atomic mass is 35.5. The number of hydrazine groups is 1. The Morgan fingerprint density at radius 1 is 0.897 bits per heavy atom. The fourth-order valence-electron chi connectivity index (χ4n) is 6.83. The number of halogens is 3. The average Bonchev–Trinajstić information content (AvgIpc) is 3.51. The van der Waals surface area contributed by atoms with Crippen LogP contribution < -0.4 is 10.4 Å². The molecule has 0 amide bonds. The van der Waals surface area contributed by atoms with Crippen LogP contribution in [-0.2, 0) is 9.47 Å². The standard InChI is InChI=1S/C32H29Cl2FN2O2/c1-31-18-20-19-36-37(23-14-12-22(35)13-15-23)28(20)17-21(31)7-6-16-32(31)38-29(24-8-2-4-10-26(24)33)30(39-32)25-9-3-5-11-27(25)34/h2-5,8-15,17,29-30,36H,6-7,16,18-19H2,1H3/t29-,30-,31?/m1/s1. The number of fused-ring (bicyclic) bond motifs is 2. The van der Waals surface area contributed by atoms with Crippen LogP contribution in [0.4, 0.5) is 10.1 Å². The van der Waals surface area contributed by atoms with Gasteiger partial charge < -0.3 is 9.47 Å². The summed E-state index contributed by atoms with van der Waals surface area (Å²) in [4.78, 5) is 0. The summed E-state index contributed by atoms with van der Waals surface area (Å²) in [6.07, 6.45) is 4.97. The molecular weight excluding hydrogens is 534 g/mol. The molecule has 2 fully saturated rings. The van der Waals surface area contributed by atoms with E-state index in [1.54, 1.807) is 12.1 Å². The molecular formula is C32H29Cl2FN2O2. The number of nitrogens with zero attached hydrogens (tertiary/aromatic N) is 1. The van der Waals surface area contributed by atoms with Gasteiger partial charge in [0, 0.05) is 39.6 Å². The van der Waals surface area contributed by atoms with Crippen LogP contribution in [0.3, 0.4) is 0 Å². The normalized spacial score (nSPS) is 27.5. The summed E-state index contributed by atoms with van der Waals surface area (Å²) >= 11 is 13.5. The predicted molar refractivity (Wildman–Crippen MR) is 152 cm³/mol. The number of rotatable bonds is 3. The minimum Gasteiger partial charge on any atom is -0.338 e. The number of benzene rings is 3. The second-order valence-electron chi connectivity index (χ2n) is 11.0. The zero-order chi connectivity index (χ0) is 26.8. The van der Waals surface area contributed by atoms with Gasteiger partial charge in [0.2, 0.25) is 0 Å². The Hall–Kier alpha value is -2.67. The van der Waals surface area contributed by atoms with Gasteiger partial charge in [-0.15, -0.1) is 0 Å². The first kappa shape index (κ1) is 25.3. The molecule has 1 saturated heterocycles. The maximum atomic E-state index is 13.6. The second-order valence-corrected chi connectivity index (χ2v) is 11.9. The lowest BCUT2D eigenvalue weighted by Crippen LogP contribution is -2.52. The lowest BCUT2D eigenvalue weighted by Gasteiger charge is -2.51. The summed E-state index contributed by atoms with van der Waals surface area (Å²) in [5, 5.41) is 3.37. The van der Waals surface area contributed by atoms with Gasteiger partial charge in [-0.3, -0.25) is 5.01 Å². The van der Waals surface area contributed by atoms with Gasteiger partial charge in [0.25, 0.3) is 0 Å². The molecule has 0 radical (unpaired) electrons. The predicted octanol–water partition coefficient (Wildman–Crippen LogP) is 8.46. The maximum Gasteiger partial charge on any atom is 0.179 e. The maximum absolute atomic E-state index is 13.6. The molecule has 1 N–H and O–H groups in total. The van der Waals surface area contributed by atoms with E-state index in [-0.39, 0.29) is 11.2 Å². The molecule has 4 aliphatic rings. The summed E-state index contributed by atoms with van der Waals surface area (Å²) in [5.41, 5.74) is 9.58. The van der Waals surface area contributed by atoms with Crippen LogP contribution in [0, 0.1) is 11.2 Å². The van der Waals surface area contributed by atoms with Crippen molar-refractivity contribution in [2.75, 3.05) is 11.6 Å². The van der Waals surface area contributed by atoms with Crippen molar-refractivity contribution in [2.45, 2.75) is 50.6 Å². The summed E-state index contributed by atoms with van der Waals surface area (Å²) in [6.45, 7) is 2.99. The number of anilines is 1. The van der Waals surface area contributed by atoms with Crippen molar-refractivity contribution in [3.63, 3.8) is 0 Å². The molecule has 200 valence electrons. The van der Waals surface area contributed by atoms with Crippen LogP contribution in [0.15, 0.2) is 95.7 Å². The Kier molecular flexibility index (Phi) is 6.14. The van der Waals surface area contributed by atoms with Crippen LogP contribution in [0.25, 0.3) is 0 Å². The van der Waals surface area contributed by atoms with Gasteiger partial charge in [0.15, 0.2) is 5.79 Å². The minimum atomic E-state index is -0.841. The van der Waals surface area contributed by atoms with Crippen molar-refractivity contribution in [2.24, 2.45) is 5.41 Å². The lowest BCUT2D eigenvalue weighted by molar-refractivity contribution is -0.249. The van der Waals surface area contributed by atoms with Crippen LogP contribution in [0.5, 0.6) is 0 Å². The van der Waals surface area contributed by atoms with Gasteiger partial charge in [-0.2, -0.15) is 0 Å². The van der Waals surface area contributed by atoms with E-state index in [0.29, 0.717) is 16.6 Å². The molecule has 1 spiro atoms. The van der Waals surface area contributed by atoms with E-state index in [0.717, 1.165) is 48.2 Å². The topological polar surface area (TPSA) is 33.7 Å². The molecule has 2 aliphatic heterocycles. The number of hydrogen-bond donors (Lipinski definition) is 1. The van der Waals surface area contributed by atoms with E-state index < -0.39 is 18.0 Å². The van der Waals surface area contributed by atoms with E-state index in [2.05, 4.69) is 23.4 Å². The SMILES string of the molecule is CC12CC3=C(C=C1CCCC21O[C@H](c2ccccc2Cl)[C@@H](c2ccccc2Cl)O1)N(c1ccc(F)cc1)NC3. The third-order valence-corrected chi connectivity index (χ3v) is 9.54. The highest BCUT2D eigenvalue weighted by molar-refractivity contribution is 6.31. The van der Waals surface area contributed by atoms with E-state index in [9.17, 15) is 4.39 Å². The van der Waals surface area contributed by atoms with Gasteiger partial charge in [-0.05, 0) is 67.3 Å². The van der Waals surface area contributed by atoms with Crippen molar-refractivity contribution < 1.29 is 13.9 Å². The fourth-order valence-corrected chi connectivity index (χ4v) is 7.32. The van der Waals surface area contributed by atoms with Gasteiger partial charge in [-0.25, -0.2) is 9.82 Å². The zero-order valence-electron chi connectivity index (χ0n) is 21.6. The van der Waals surface area contributed by atoms with Crippen molar-refractivity contribution in [1.82, 2.24) is 5.43 Å². The van der Waals surface area contributed by atoms with Crippen LogP contribution in [0.2, 0.25) is 10.0 Å². The molecule has 3 atom stereocenters. The minimum absolute atomic E-state index is 0.243. The molecule has 4 nitrogen and oxygen atoms in total. The molecule has 39 heavy (non-hydrogen) atoms. The Morgan fingerprint density at radius 3 is 2.13 bits per heavy atom. The van der Waals surface area contributed by atoms with Crippen LogP contribution in [-0.4, -0.2) is 12.3 Å². The quantitative estimate of drug-likeness (QED) is 0.347. The van der Waals surface area contributed by atoms with Crippen LogP contribution in [0.1, 0.15) is 55.9 Å².